The molecule has 5 unspecified atom stereocenters. The molecule has 208 valence electrons. The Morgan fingerprint density at radius 3 is 2.77 bits per heavy atom. The van der Waals surface area contributed by atoms with Gasteiger partial charge in [-0.05, 0) is 74.8 Å². The number of halogens is 1. The Labute approximate surface area is 229 Å². The predicted octanol–water partition coefficient (Wildman–Crippen LogP) is 6.02. The zero-order valence-electron chi connectivity index (χ0n) is 23.0. The lowest BCUT2D eigenvalue weighted by molar-refractivity contribution is 0.0883. The number of hydrogen-bond donors (Lipinski definition) is 0. The third-order valence-electron chi connectivity index (χ3n) is 7.98. The van der Waals surface area contributed by atoms with Crippen molar-refractivity contribution in [2.45, 2.75) is 32.5 Å². The summed E-state index contributed by atoms with van der Waals surface area (Å²) < 4.78 is 37.0. The molecule has 1 fully saturated rings. The van der Waals surface area contributed by atoms with E-state index in [0.29, 0.717) is 42.7 Å². The molecule has 1 aliphatic carbocycles. The quantitative estimate of drug-likeness (QED) is 0.431. The van der Waals surface area contributed by atoms with Gasteiger partial charge in [-0.2, -0.15) is 0 Å². The summed E-state index contributed by atoms with van der Waals surface area (Å²) in [4.78, 5) is 17.1. The minimum absolute atomic E-state index is 0.00363. The van der Waals surface area contributed by atoms with E-state index < -0.39 is 6.17 Å². The number of likely N-dealkylation sites (tertiary alicyclic amines) is 1. The molecule has 0 aromatic heterocycles. The van der Waals surface area contributed by atoms with Crippen molar-refractivity contribution >= 4 is 6.09 Å². The number of benzene rings is 2. The standard InChI is InChI=1S/C31H37FN2O5/c1-20-14-23(8-10-28(20)32)27-12-13-34(31(35)39-26-7-5-6-22(15-26)21(2)33(3)4)17-24(27)18-36-25-9-11-29-30(16-25)38-19-37-29/h5-11,14-16,20-21,24,27-28H,12-13,17-19H2,1-4H3. The van der Waals surface area contributed by atoms with Crippen LogP contribution < -0.4 is 18.9 Å². The van der Waals surface area contributed by atoms with E-state index >= 15 is 0 Å². The lowest BCUT2D eigenvalue weighted by Crippen LogP contribution is -2.47. The van der Waals surface area contributed by atoms with Gasteiger partial charge in [0.1, 0.15) is 17.7 Å². The average Bonchev–Trinajstić information content (AvgIpc) is 3.41. The Bertz CT molecular complexity index is 1250. The van der Waals surface area contributed by atoms with Crippen LogP contribution in [0.5, 0.6) is 23.0 Å². The molecule has 0 bridgehead atoms. The molecule has 0 radical (unpaired) electrons. The Morgan fingerprint density at radius 2 is 1.97 bits per heavy atom. The van der Waals surface area contributed by atoms with Crippen molar-refractivity contribution in [1.29, 1.82) is 0 Å². The summed E-state index contributed by atoms with van der Waals surface area (Å²) in [5.74, 6) is 2.51. The minimum atomic E-state index is -0.974. The van der Waals surface area contributed by atoms with Crippen LogP contribution in [0.3, 0.4) is 0 Å². The maximum atomic E-state index is 14.1. The largest absolute Gasteiger partial charge is 0.493 e. The molecule has 7 nitrogen and oxygen atoms in total. The van der Waals surface area contributed by atoms with E-state index in [9.17, 15) is 9.18 Å². The third kappa shape index (κ3) is 6.22. The summed E-state index contributed by atoms with van der Waals surface area (Å²) in [6, 6.07) is 13.4. The van der Waals surface area contributed by atoms with Gasteiger partial charge in [-0.15, -0.1) is 0 Å². The van der Waals surface area contributed by atoms with Crippen molar-refractivity contribution in [3.63, 3.8) is 0 Å². The van der Waals surface area contributed by atoms with Gasteiger partial charge in [0, 0.05) is 37.0 Å². The lowest BCUT2D eigenvalue weighted by Gasteiger charge is -2.39. The van der Waals surface area contributed by atoms with Crippen molar-refractivity contribution < 1.29 is 28.1 Å². The van der Waals surface area contributed by atoms with Crippen molar-refractivity contribution in [2.75, 3.05) is 40.6 Å². The molecule has 0 N–H and O–H groups in total. The molecule has 39 heavy (non-hydrogen) atoms. The zero-order valence-corrected chi connectivity index (χ0v) is 23.0. The van der Waals surface area contributed by atoms with Crippen LogP contribution in [0, 0.1) is 17.8 Å². The van der Waals surface area contributed by atoms with Crippen LogP contribution in [0.1, 0.15) is 31.9 Å². The molecule has 1 amide bonds. The number of ether oxygens (including phenoxy) is 4. The Kier molecular flexibility index (Phi) is 8.12. The number of alkyl halides is 1. The fraction of sp³-hybridized carbons (Fsp3) is 0.452. The first-order valence-electron chi connectivity index (χ1n) is 13.6. The van der Waals surface area contributed by atoms with Gasteiger partial charge in [0.2, 0.25) is 6.79 Å². The molecular formula is C31H37FN2O5. The number of carbonyl (C=O) groups is 1. The topological polar surface area (TPSA) is 60.5 Å². The maximum Gasteiger partial charge on any atom is 0.415 e. The molecule has 0 saturated carbocycles. The van der Waals surface area contributed by atoms with Crippen LogP contribution >= 0.6 is 0 Å². The van der Waals surface area contributed by atoms with E-state index in [-0.39, 0.29) is 36.7 Å². The van der Waals surface area contributed by atoms with Crippen LogP contribution in [-0.4, -0.2) is 62.6 Å². The number of hydrogen-bond acceptors (Lipinski definition) is 6. The second-order valence-corrected chi connectivity index (χ2v) is 10.8. The normalized spacial score (nSPS) is 24.9. The van der Waals surface area contributed by atoms with Crippen LogP contribution in [0.4, 0.5) is 9.18 Å². The first-order valence-corrected chi connectivity index (χ1v) is 13.6. The summed E-state index contributed by atoms with van der Waals surface area (Å²) in [5.41, 5.74) is 2.18. The fourth-order valence-corrected chi connectivity index (χ4v) is 5.35. The summed E-state index contributed by atoms with van der Waals surface area (Å²) in [6.45, 7) is 5.62. The summed E-state index contributed by atoms with van der Waals surface area (Å²) in [7, 11) is 4.04. The van der Waals surface area contributed by atoms with E-state index in [4.69, 9.17) is 18.9 Å². The smallest absolute Gasteiger partial charge is 0.415 e. The fourth-order valence-electron chi connectivity index (χ4n) is 5.35. The Hall–Kier alpha value is -3.52. The zero-order chi connectivity index (χ0) is 27.5. The summed E-state index contributed by atoms with van der Waals surface area (Å²) in [6.07, 6.45) is 4.95. The second-order valence-electron chi connectivity index (χ2n) is 10.8. The monoisotopic (exact) mass is 536 g/mol. The van der Waals surface area contributed by atoms with Gasteiger partial charge in [-0.25, -0.2) is 9.18 Å². The van der Waals surface area contributed by atoms with Crippen molar-refractivity contribution in [3.8, 4) is 23.0 Å². The summed E-state index contributed by atoms with van der Waals surface area (Å²) in [5, 5.41) is 0. The number of amides is 1. The Balaban J connectivity index is 1.30. The second kappa shape index (κ2) is 11.7. The van der Waals surface area contributed by atoms with Gasteiger partial charge < -0.3 is 28.7 Å². The van der Waals surface area contributed by atoms with Gasteiger partial charge in [-0.1, -0.05) is 31.2 Å². The molecule has 8 heteroatoms. The number of allylic oxidation sites excluding steroid dienone is 4. The first kappa shape index (κ1) is 27.1. The van der Waals surface area contributed by atoms with E-state index in [2.05, 4.69) is 11.8 Å². The Morgan fingerprint density at radius 1 is 1.15 bits per heavy atom. The van der Waals surface area contributed by atoms with Crippen molar-refractivity contribution in [3.05, 3.63) is 71.8 Å². The first-order chi connectivity index (χ1) is 18.8. The van der Waals surface area contributed by atoms with Gasteiger partial charge >= 0.3 is 6.09 Å². The highest BCUT2D eigenvalue weighted by Gasteiger charge is 2.35. The number of nitrogens with zero attached hydrogens (tertiary/aromatic N) is 2. The predicted molar refractivity (Wildman–Crippen MR) is 147 cm³/mol. The highest BCUT2D eigenvalue weighted by molar-refractivity contribution is 5.71. The third-order valence-corrected chi connectivity index (χ3v) is 7.98. The van der Waals surface area contributed by atoms with Crippen molar-refractivity contribution in [1.82, 2.24) is 9.80 Å². The van der Waals surface area contributed by atoms with E-state index in [1.807, 2.05) is 75.6 Å². The van der Waals surface area contributed by atoms with Gasteiger partial charge in [0.25, 0.3) is 0 Å². The number of fused-ring (bicyclic) bond motifs is 1. The molecule has 2 aliphatic heterocycles. The van der Waals surface area contributed by atoms with Crippen molar-refractivity contribution in [2.24, 2.45) is 17.8 Å². The molecule has 1 saturated heterocycles. The van der Waals surface area contributed by atoms with Crippen LogP contribution in [0.25, 0.3) is 0 Å². The van der Waals surface area contributed by atoms with Gasteiger partial charge in [0.05, 0.1) is 6.61 Å². The van der Waals surface area contributed by atoms with Crippen LogP contribution in [-0.2, 0) is 0 Å². The number of piperidine rings is 1. The number of rotatable bonds is 7. The molecule has 3 aliphatic rings. The highest BCUT2D eigenvalue weighted by atomic mass is 19.1. The minimum Gasteiger partial charge on any atom is -0.493 e. The van der Waals surface area contributed by atoms with Crippen LogP contribution in [0.2, 0.25) is 0 Å². The summed E-state index contributed by atoms with van der Waals surface area (Å²) >= 11 is 0. The molecule has 5 atom stereocenters. The van der Waals surface area contributed by atoms with E-state index in [1.54, 1.807) is 11.0 Å². The molecule has 5 rings (SSSR count). The molecule has 2 heterocycles. The lowest BCUT2D eigenvalue weighted by atomic mass is 9.77. The van der Waals surface area contributed by atoms with Gasteiger partial charge in [-0.3, -0.25) is 0 Å². The highest BCUT2D eigenvalue weighted by Crippen LogP contribution is 2.38. The molecule has 0 spiro atoms. The maximum absolute atomic E-state index is 14.1. The number of carbonyl (C=O) groups excluding carboxylic acids is 1. The molecule has 2 aromatic rings. The van der Waals surface area contributed by atoms with Gasteiger partial charge in [0.15, 0.2) is 11.5 Å². The average molecular weight is 537 g/mol. The van der Waals surface area contributed by atoms with E-state index in [0.717, 1.165) is 17.6 Å². The molecule has 2 aromatic carbocycles. The van der Waals surface area contributed by atoms with Crippen LogP contribution in [0.15, 0.2) is 66.3 Å². The van der Waals surface area contributed by atoms with E-state index in [1.165, 1.54) is 0 Å². The molecular weight excluding hydrogens is 499 g/mol. The SMILES string of the molecule is CC1C=C(C2CCN(C(=O)Oc3cccc(C(C)N(C)C)c3)CC2COc2ccc3c(c2)OCO3)C=CC1F.